The second-order valence-electron chi connectivity index (χ2n) is 5.48. The van der Waals surface area contributed by atoms with E-state index in [0.717, 1.165) is 6.42 Å². The van der Waals surface area contributed by atoms with Gasteiger partial charge in [0.05, 0.1) is 17.7 Å². The van der Waals surface area contributed by atoms with Crippen LogP contribution in [-0.2, 0) is 9.53 Å². The first-order chi connectivity index (χ1) is 7.79. The monoisotopic (exact) mass is 239 g/mol. The van der Waals surface area contributed by atoms with Gasteiger partial charge in [0.1, 0.15) is 5.60 Å². The van der Waals surface area contributed by atoms with Crippen LogP contribution in [0.2, 0.25) is 0 Å². The number of hydrogen-bond donors (Lipinski definition) is 1. The van der Waals surface area contributed by atoms with Gasteiger partial charge in [0.25, 0.3) is 0 Å². The van der Waals surface area contributed by atoms with E-state index in [0.29, 0.717) is 12.0 Å². The van der Waals surface area contributed by atoms with E-state index in [1.165, 1.54) is 0 Å². The summed E-state index contributed by atoms with van der Waals surface area (Å²) in [5.74, 6) is -0.939. The predicted molar refractivity (Wildman–Crippen MR) is 60.6 cm³/mol. The van der Waals surface area contributed by atoms with Gasteiger partial charge in [-0.2, -0.15) is 0 Å². The molecule has 0 aromatic rings. The lowest BCUT2D eigenvalue weighted by Crippen LogP contribution is -2.41. The fourth-order valence-electron chi connectivity index (χ4n) is 2.42. The molecule has 0 aromatic carbocycles. The summed E-state index contributed by atoms with van der Waals surface area (Å²) >= 11 is 0. The topological polar surface area (TPSA) is 66.8 Å². The third-order valence-electron chi connectivity index (χ3n) is 3.01. The molecular weight excluding hydrogens is 222 g/mol. The van der Waals surface area contributed by atoms with Gasteiger partial charge in [-0.15, -0.1) is 0 Å². The maximum atomic E-state index is 12.0. The molecule has 5 heteroatoms. The van der Waals surface area contributed by atoms with Crippen LogP contribution in [0.3, 0.4) is 0 Å². The Morgan fingerprint density at radius 1 is 1.41 bits per heavy atom. The SMILES string of the molecule is CC(C)(C)OC(=O)N1[C@H]2C=C(C(=O)O)[C@@H]1CC2. The van der Waals surface area contributed by atoms with E-state index in [-0.39, 0.29) is 12.1 Å². The molecule has 2 atom stereocenters. The van der Waals surface area contributed by atoms with Crippen molar-refractivity contribution in [1.29, 1.82) is 0 Å². The molecular formula is C12H17NO4. The third kappa shape index (κ3) is 2.14. The van der Waals surface area contributed by atoms with Gasteiger partial charge < -0.3 is 9.84 Å². The summed E-state index contributed by atoms with van der Waals surface area (Å²) in [6.45, 7) is 5.40. The van der Waals surface area contributed by atoms with Gasteiger partial charge in [0.15, 0.2) is 0 Å². The molecule has 0 radical (unpaired) electrons. The van der Waals surface area contributed by atoms with E-state index in [2.05, 4.69) is 0 Å². The van der Waals surface area contributed by atoms with Crippen LogP contribution in [0.1, 0.15) is 33.6 Å². The molecule has 2 bridgehead atoms. The summed E-state index contributed by atoms with van der Waals surface area (Å²) in [7, 11) is 0. The molecule has 94 valence electrons. The number of nitrogens with zero attached hydrogens (tertiary/aromatic N) is 1. The minimum absolute atomic E-state index is 0.110. The largest absolute Gasteiger partial charge is 0.478 e. The fourth-order valence-corrected chi connectivity index (χ4v) is 2.42. The molecule has 2 rings (SSSR count). The average molecular weight is 239 g/mol. The van der Waals surface area contributed by atoms with E-state index in [1.807, 2.05) is 0 Å². The average Bonchev–Trinajstić information content (AvgIpc) is 2.70. The molecule has 17 heavy (non-hydrogen) atoms. The molecule has 5 nitrogen and oxygen atoms in total. The molecule has 1 amide bonds. The zero-order chi connectivity index (χ0) is 12.8. The summed E-state index contributed by atoms with van der Waals surface area (Å²) in [6, 6.07) is -0.423. The summed E-state index contributed by atoms with van der Waals surface area (Å²) < 4.78 is 5.29. The van der Waals surface area contributed by atoms with Crippen molar-refractivity contribution in [3.8, 4) is 0 Å². The van der Waals surface area contributed by atoms with Crippen molar-refractivity contribution >= 4 is 12.1 Å². The van der Waals surface area contributed by atoms with Crippen LogP contribution >= 0.6 is 0 Å². The highest BCUT2D eigenvalue weighted by atomic mass is 16.6. The lowest BCUT2D eigenvalue weighted by atomic mass is 10.00. The fraction of sp³-hybridized carbons (Fsp3) is 0.667. The number of ether oxygens (including phenoxy) is 1. The highest BCUT2D eigenvalue weighted by Gasteiger charge is 2.46. The second-order valence-corrected chi connectivity index (χ2v) is 5.48. The van der Waals surface area contributed by atoms with Crippen molar-refractivity contribution in [2.24, 2.45) is 0 Å². The smallest absolute Gasteiger partial charge is 0.411 e. The first-order valence-corrected chi connectivity index (χ1v) is 5.76. The van der Waals surface area contributed by atoms with Gasteiger partial charge in [-0.05, 0) is 39.7 Å². The maximum Gasteiger partial charge on any atom is 0.411 e. The van der Waals surface area contributed by atoms with Crippen LogP contribution in [0.4, 0.5) is 4.79 Å². The van der Waals surface area contributed by atoms with Crippen molar-refractivity contribution in [1.82, 2.24) is 4.90 Å². The molecule has 2 aliphatic rings. The summed E-state index contributed by atoms with van der Waals surface area (Å²) in [5, 5.41) is 9.02. The quantitative estimate of drug-likeness (QED) is 0.757. The number of carboxylic acids is 1. The molecule has 1 N–H and O–H groups in total. The first-order valence-electron chi connectivity index (χ1n) is 5.76. The molecule has 2 heterocycles. The normalized spacial score (nSPS) is 27.0. The van der Waals surface area contributed by atoms with Gasteiger partial charge in [-0.25, -0.2) is 9.59 Å². The lowest BCUT2D eigenvalue weighted by Gasteiger charge is -2.27. The van der Waals surface area contributed by atoms with Crippen LogP contribution in [0.25, 0.3) is 0 Å². The van der Waals surface area contributed by atoms with Crippen molar-refractivity contribution in [2.45, 2.75) is 51.3 Å². The summed E-state index contributed by atoms with van der Waals surface area (Å²) in [6.07, 6.45) is 2.78. The van der Waals surface area contributed by atoms with Crippen molar-refractivity contribution in [3.05, 3.63) is 11.6 Å². The van der Waals surface area contributed by atoms with Crippen molar-refractivity contribution in [2.75, 3.05) is 0 Å². The Hall–Kier alpha value is -1.52. The molecule has 0 aliphatic carbocycles. The minimum Gasteiger partial charge on any atom is -0.478 e. The molecule has 0 spiro atoms. The number of amides is 1. The van der Waals surface area contributed by atoms with Gasteiger partial charge in [-0.3, -0.25) is 4.90 Å². The van der Waals surface area contributed by atoms with Crippen molar-refractivity contribution < 1.29 is 19.4 Å². The number of fused-ring (bicyclic) bond motifs is 2. The van der Waals surface area contributed by atoms with Gasteiger partial charge in [0, 0.05) is 0 Å². The summed E-state index contributed by atoms with van der Waals surface area (Å²) in [4.78, 5) is 24.5. The molecule has 0 unspecified atom stereocenters. The Bertz CT molecular complexity index is 394. The number of aliphatic carboxylic acids is 1. The van der Waals surface area contributed by atoms with Gasteiger partial charge >= 0.3 is 12.1 Å². The number of carboxylic acid groups (broad SMARTS) is 1. The Balaban J connectivity index is 2.12. The minimum atomic E-state index is -0.939. The van der Waals surface area contributed by atoms with Gasteiger partial charge in [-0.1, -0.05) is 0 Å². The van der Waals surface area contributed by atoms with Crippen LogP contribution in [-0.4, -0.2) is 39.8 Å². The third-order valence-corrected chi connectivity index (χ3v) is 3.01. The maximum absolute atomic E-state index is 12.0. The standard InChI is InChI=1S/C12H17NO4/c1-12(2,3)17-11(16)13-7-4-5-9(13)8(6-7)10(14)15/h6-7,9H,4-5H2,1-3H3,(H,14,15)/t7-,9+/m1/s1. The lowest BCUT2D eigenvalue weighted by molar-refractivity contribution is -0.133. The number of carbonyl (C=O) groups excluding carboxylic acids is 1. The number of rotatable bonds is 1. The van der Waals surface area contributed by atoms with Gasteiger partial charge in [0.2, 0.25) is 0 Å². The Morgan fingerprint density at radius 2 is 2.06 bits per heavy atom. The Morgan fingerprint density at radius 3 is 2.53 bits per heavy atom. The zero-order valence-corrected chi connectivity index (χ0v) is 10.3. The van der Waals surface area contributed by atoms with Crippen LogP contribution in [0.15, 0.2) is 11.6 Å². The number of carbonyl (C=O) groups is 2. The highest BCUT2D eigenvalue weighted by Crippen LogP contribution is 2.37. The zero-order valence-electron chi connectivity index (χ0n) is 10.3. The van der Waals surface area contributed by atoms with E-state index in [4.69, 9.17) is 9.84 Å². The van der Waals surface area contributed by atoms with Crippen LogP contribution in [0.5, 0.6) is 0 Å². The van der Waals surface area contributed by atoms with Crippen LogP contribution in [0, 0.1) is 0 Å². The predicted octanol–water partition coefficient (Wildman–Crippen LogP) is 1.78. The number of hydrogen-bond acceptors (Lipinski definition) is 3. The van der Waals surface area contributed by atoms with E-state index < -0.39 is 17.7 Å². The molecule has 1 saturated heterocycles. The van der Waals surface area contributed by atoms with E-state index in [9.17, 15) is 9.59 Å². The second kappa shape index (κ2) is 3.75. The molecule has 2 aliphatic heterocycles. The van der Waals surface area contributed by atoms with E-state index >= 15 is 0 Å². The molecule has 0 aromatic heterocycles. The first kappa shape index (κ1) is 12.0. The van der Waals surface area contributed by atoms with Crippen LogP contribution < -0.4 is 0 Å². The molecule has 1 fully saturated rings. The van der Waals surface area contributed by atoms with E-state index in [1.54, 1.807) is 31.7 Å². The Kier molecular flexibility index (Phi) is 2.64. The Labute approximate surface area is 100 Å². The summed E-state index contributed by atoms with van der Waals surface area (Å²) in [5.41, 5.74) is -0.227. The molecule has 0 saturated carbocycles. The van der Waals surface area contributed by atoms with Crippen molar-refractivity contribution in [3.63, 3.8) is 0 Å². The highest BCUT2D eigenvalue weighted by molar-refractivity contribution is 5.91.